The maximum absolute atomic E-state index is 12.8. The average molecular weight is 419 g/mol. The van der Waals surface area contributed by atoms with Crippen molar-refractivity contribution in [1.29, 1.82) is 0 Å². The number of aromatic nitrogens is 6. The molecule has 1 amide bonds. The number of anilines is 1. The van der Waals surface area contributed by atoms with Crippen LogP contribution in [0.3, 0.4) is 0 Å². The standard InChI is InChI=1S/C20H17N7O2S/c1-10(18(28)22-12-7-8-15-16(9-12)24-19(29)23-15)30-20-25-14-6-4-3-5-13(14)17-21-11(2)26-27(17)20/h3-10H,1-2H3,(H,22,28)(H2,23,24,29). The Balaban J connectivity index is 1.43. The van der Waals surface area contributed by atoms with Crippen molar-refractivity contribution < 1.29 is 4.79 Å². The van der Waals surface area contributed by atoms with Crippen molar-refractivity contribution in [2.24, 2.45) is 0 Å². The van der Waals surface area contributed by atoms with Gasteiger partial charge in [-0.1, -0.05) is 23.9 Å². The van der Waals surface area contributed by atoms with Gasteiger partial charge < -0.3 is 15.3 Å². The molecule has 3 N–H and O–H groups in total. The van der Waals surface area contributed by atoms with Gasteiger partial charge in [0, 0.05) is 11.1 Å². The number of hydrogen-bond acceptors (Lipinski definition) is 6. The topological polar surface area (TPSA) is 121 Å². The van der Waals surface area contributed by atoms with Crippen molar-refractivity contribution in [2.45, 2.75) is 24.3 Å². The Labute approximate surface area is 173 Å². The van der Waals surface area contributed by atoms with E-state index < -0.39 is 5.25 Å². The van der Waals surface area contributed by atoms with Crippen LogP contribution in [0.15, 0.2) is 52.4 Å². The second-order valence-corrected chi connectivity index (χ2v) is 8.20. The van der Waals surface area contributed by atoms with Crippen LogP contribution in [0.4, 0.5) is 5.69 Å². The maximum atomic E-state index is 12.8. The highest BCUT2D eigenvalue weighted by Gasteiger charge is 2.20. The normalized spacial score (nSPS) is 12.6. The van der Waals surface area contributed by atoms with E-state index in [-0.39, 0.29) is 11.6 Å². The van der Waals surface area contributed by atoms with Crippen LogP contribution in [0.1, 0.15) is 12.7 Å². The first-order chi connectivity index (χ1) is 14.5. The second-order valence-electron chi connectivity index (χ2n) is 6.89. The molecule has 30 heavy (non-hydrogen) atoms. The molecule has 0 saturated heterocycles. The zero-order chi connectivity index (χ0) is 20.8. The lowest BCUT2D eigenvalue weighted by Gasteiger charge is -2.13. The van der Waals surface area contributed by atoms with E-state index in [0.29, 0.717) is 27.7 Å². The van der Waals surface area contributed by atoms with E-state index >= 15 is 0 Å². The number of thioether (sulfide) groups is 1. The third kappa shape index (κ3) is 3.20. The monoisotopic (exact) mass is 419 g/mol. The Morgan fingerprint density at radius 2 is 1.93 bits per heavy atom. The van der Waals surface area contributed by atoms with E-state index in [9.17, 15) is 9.59 Å². The highest BCUT2D eigenvalue weighted by Crippen LogP contribution is 2.27. The van der Waals surface area contributed by atoms with Gasteiger partial charge in [0.15, 0.2) is 10.8 Å². The largest absolute Gasteiger partial charge is 0.325 e. The highest BCUT2D eigenvalue weighted by molar-refractivity contribution is 8.00. The quantitative estimate of drug-likeness (QED) is 0.304. The summed E-state index contributed by atoms with van der Waals surface area (Å²) in [5.41, 5.74) is 3.15. The molecule has 9 nitrogen and oxygen atoms in total. The molecule has 5 rings (SSSR count). The first-order valence-corrected chi connectivity index (χ1v) is 10.2. The van der Waals surface area contributed by atoms with E-state index in [1.54, 1.807) is 22.7 Å². The summed E-state index contributed by atoms with van der Waals surface area (Å²) in [4.78, 5) is 38.8. The third-order valence-electron chi connectivity index (χ3n) is 4.69. The van der Waals surface area contributed by atoms with Crippen LogP contribution in [0.2, 0.25) is 0 Å². The third-order valence-corrected chi connectivity index (χ3v) is 5.73. The van der Waals surface area contributed by atoms with Crippen LogP contribution >= 0.6 is 11.8 Å². The summed E-state index contributed by atoms with van der Waals surface area (Å²) >= 11 is 1.31. The lowest BCUT2D eigenvalue weighted by atomic mass is 10.2. The molecule has 0 bridgehead atoms. The minimum Gasteiger partial charge on any atom is -0.325 e. The Bertz CT molecular complexity index is 1480. The molecule has 10 heteroatoms. The van der Waals surface area contributed by atoms with Crippen molar-refractivity contribution in [3.8, 4) is 0 Å². The van der Waals surface area contributed by atoms with E-state index in [0.717, 1.165) is 16.6 Å². The van der Waals surface area contributed by atoms with Crippen LogP contribution < -0.4 is 11.0 Å². The number of aryl methyl sites for hydroxylation is 1. The summed E-state index contributed by atoms with van der Waals surface area (Å²) in [7, 11) is 0. The van der Waals surface area contributed by atoms with Crippen LogP contribution in [-0.2, 0) is 4.79 Å². The van der Waals surface area contributed by atoms with E-state index in [2.05, 4.69) is 30.4 Å². The second kappa shape index (κ2) is 6.99. The van der Waals surface area contributed by atoms with Crippen molar-refractivity contribution >= 4 is 50.9 Å². The average Bonchev–Trinajstić information content (AvgIpc) is 3.29. The van der Waals surface area contributed by atoms with Crippen molar-refractivity contribution in [1.82, 2.24) is 29.5 Å². The lowest BCUT2D eigenvalue weighted by Crippen LogP contribution is -2.23. The summed E-state index contributed by atoms with van der Waals surface area (Å²) in [6.45, 7) is 3.64. The van der Waals surface area contributed by atoms with Crippen molar-refractivity contribution in [2.75, 3.05) is 5.32 Å². The number of amides is 1. The van der Waals surface area contributed by atoms with E-state index in [1.807, 2.05) is 38.1 Å². The van der Waals surface area contributed by atoms with Gasteiger partial charge in [0.05, 0.1) is 21.8 Å². The predicted octanol–water partition coefficient (Wildman–Crippen LogP) is 2.87. The number of nitrogens with one attached hydrogen (secondary N) is 3. The SMILES string of the molecule is Cc1nc2c3ccccc3nc(SC(C)C(=O)Nc3ccc4[nH]c(=O)[nH]c4c3)n2n1. The van der Waals surface area contributed by atoms with Gasteiger partial charge in [-0.25, -0.2) is 14.8 Å². The Hall–Kier alpha value is -3.66. The summed E-state index contributed by atoms with van der Waals surface area (Å²) < 4.78 is 1.68. The smallest absolute Gasteiger partial charge is 0.323 e. The number of fused-ring (bicyclic) bond motifs is 4. The van der Waals surface area contributed by atoms with Gasteiger partial charge in [-0.2, -0.15) is 4.52 Å². The van der Waals surface area contributed by atoms with Gasteiger partial charge in [0.2, 0.25) is 5.91 Å². The van der Waals surface area contributed by atoms with Gasteiger partial charge in [-0.15, -0.1) is 5.10 Å². The highest BCUT2D eigenvalue weighted by atomic mass is 32.2. The fraction of sp³-hybridized carbons (Fsp3) is 0.150. The van der Waals surface area contributed by atoms with Gasteiger partial charge in [0.1, 0.15) is 5.82 Å². The number of H-pyrrole nitrogens is 2. The van der Waals surface area contributed by atoms with Crippen molar-refractivity contribution in [3.05, 3.63) is 58.8 Å². The molecule has 0 fully saturated rings. The van der Waals surface area contributed by atoms with Crippen LogP contribution in [0, 0.1) is 6.92 Å². The number of carbonyl (C=O) groups excluding carboxylic acids is 1. The zero-order valence-electron chi connectivity index (χ0n) is 16.1. The molecule has 2 aromatic carbocycles. The van der Waals surface area contributed by atoms with Crippen molar-refractivity contribution in [3.63, 3.8) is 0 Å². The number of carbonyl (C=O) groups is 1. The number of hydrogen-bond donors (Lipinski definition) is 3. The first kappa shape index (κ1) is 18.4. The molecule has 3 aromatic heterocycles. The fourth-order valence-electron chi connectivity index (χ4n) is 3.28. The van der Waals surface area contributed by atoms with Gasteiger partial charge in [-0.3, -0.25) is 4.79 Å². The summed E-state index contributed by atoms with van der Waals surface area (Å²) in [6.07, 6.45) is 0. The zero-order valence-corrected chi connectivity index (χ0v) is 16.9. The minimum absolute atomic E-state index is 0.183. The molecule has 0 radical (unpaired) electrons. The number of imidazole rings is 1. The van der Waals surface area contributed by atoms with Crippen LogP contribution in [0.25, 0.3) is 27.6 Å². The van der Waals surface area contributed by atoms with E-state index in [1.165, 1.54) is 11.8 Å². The molecule has 5 aromatic rings. The molecular weight excluding hydrogens is 402 g/mol. The number of benzene rings is 2. The van der Waals surface area contributed by atoms with Crippen LogP contribution in [-0.4, -0.2) is 40.7 Å². The molecule has 0 aliphatic heterocycles. The summed E-state index contributed by atoms with van der Waals surface area (Å²) in [6, 6.07) is 12.9. The first-order valence-electron chi connectivity index (χ1n) is 9.29. The molecule has 0 saturated carbocycles. The van der Waals surface area contributed by atoms with E-state index in [4.69, 9.17) is 0 Å². The molecule has 0 aliphatic rings. The molecular formula is C20H17N7O2S. The number of para-hydroxylation sites is 1. The van der Waals surface area contributed by atoms with Gasteiger partial charge in [-0.05, 0) is 44.2 Å². The number of aromatic amines is 2. The van der Waals surface area contributed by atoms with Gasteiger partial charge >= 0.3 is 5.69 Å². The molecule has 0 spiro atoms. The van der Waals surface area contributed by atoms with Gasteiger partial charge in [0.25, 0.3) is 0 Å². The maximum Gasteiger partial charge on any atom is 0.323 e. The Kier molecular flexibility index (Phi) is 4.28. The molecule has 1 atom stereocenters. The fourth-order valence-corrected chi connectivity index (χ4v) is 4.14. The predicted molar refractivity (Wildman–Crippen MR) is 116 cm³/mol. The minimum atomic E-state index is -0.438. The van der Waals surface area contributed by atoms with Crippen LogP contribution in [0.5, 0.6) is 0 Å². The Morgan fingerprint density at radius 3 is 2.80 bits per heavy atom. The summed E-state index contributed by atoms with van der Waals surface area (Å²) in [5.74, 6) is 0.457. The molecule has 150 valence electrons. The lowest BCUT2D eigenvalue weighted by molar-refractivity contribution is -0.115. The molecule has 3 heterocycles. The molecule has 1 unspecified atom stereocenters. The molecule has 0 aliphatic carbocycles. The Morgan fingerprint density at radius 1 is 1.13 bits per heavy atom. The summed E-state index contributed by atoms with van der Waals surface area (Å²) in [5, 5.41) is 8.40. The number of rotatable bonds is 4. The number of nitrogens with zero attached hydrogens (tertiary/aromatic N) is 4.